The molecular formula is C12H17FN2O4S. The summed E-state index contributed by atoms with van der Waals surface area (Å²) in [7, 11) is -2.47. The molecule has 0 unspecified atom stereocenters. The largest absolute Gasteiger partial charge is 0.385 e. The maximum atomic E-state index is 13.7. The number of carbonyl (C=O) groups excluding carboxylic acids is 1. The Bertz CT molecular complexity index is 602. The van der Waals surface area contributed by atoms with Gasteiger partial charge >= 0.3 is 0 Å². The van der Waals surface area contributed by atoms with Crippen molar-refractivity contribution in [3.8, 4) is 0 Å². The molecule has 0 saturated heterocycles. The average molecular weight is 304 g/mol. The molecule has 112 valence electrons. The summed E-state index contributed by atoms with van der Waals surface area (Å²) in [6.07, 6.45) is 0.567. The molecular weight excluding hydrogens is 287 g/mol. The number of carbonyl (C=O) groups is 1. The van der Waals surface area contributed by atoms with Crippen LogP contribution in [0.5, 0.6) is 0 Å². The predicted molar refractivity (Wildman–Crippen MR) is 71.3 cm³/mol. The van der Waals surface area contributed by atoms with Gasteiger partial charge in [-0.25, -0.2) is 17.9 Å². The molecule has 0 aliphatic rings. The van der Waals surface area contributed by atoms with Gasteiger partial charge in [0, 0.05) is 20.3 Å². The summed E-state index contributed by atoms with van der Waals surface area (Å²) in [4.78, 5) is 11.5. The monoisotopic (exact) mass is 304 g/mol. The van der Waals surface area contributed by atoms with Crippen LogP contribution in [0.15, 0.2) is 17.0 Å². The highest BCUT2D eigenvalue weighted by molar-refractivity contribution is 7.89. The van der Waals surface area contributed by atoms with Gasteiger partial charge in [0.2, 0.25) is 10.0 Å². The molecule has 0 heterocycles. The summed E-state index contributed by atoms with van der Waals surface area (Å²) < 4.78 is 41.2. The van der Waals surface area contributed by atoms with Crippen LogP contribution in [-0.2, 0) is 14.8 Å². The topological polar surface area (TPSA) is 98.5 Å². The predicted octanol–water partition coefficient (Wildman–Crippen LogP) is 0.548. The van der Waals surface area contributed by atoms with Crippen LogP contribution in [0.4, 0.5) is 4.39 Å². The van der Waals surface area contributed by atoms with Crippen molar-refractivity contribution in [3.63, 3.8) is 0 Å². The molecule has 3 N–H and O–H groups in total. The number of ether oxygens (including phenoxy) is 1. The minimum absolute atomic E-state index is 0.154. The van der Waals surface area contributed by atoms with Crippen molar-refractivity contribution in [2.24, 2.45) is 5.14 Å². The molecule has 0 aliphatic carbocycles. The van der Waals surface area contributed by atoms with Crippen LogP contribution in [0.25, 0.3) is 0 Å². The number of nitrogens with two attached hydrogens (primary N) is 1. The van der Waals surface area contributed by atoms with E-state index >= 15 is 0 Å². The van der Waals surface area contributed by atoms with E-state index in [4.69, 9.17) is 9.88 Å². The summed E-state index contributed by atoms with van der Waals surface area (Å²) in [6, 6.07) is 1.93. The molecule has 0 aliphatic heterocycles. The number of hydrogen-bond donors (Lipinski definition) is 2. The SMILES string of the molecule is COCCCNC(=O)c1cc(S(N)(=O)=O)c(C)cc1F. The molecule has 8 heteroatoms. The van der Waals surface area contributed by atoms with Crippen LogP contribution < -0.4 is 10.5 Å². The van der Waals surface area contributed by atoms with Crippen LogP contribution in [0.3, 0.4) is 0 Å². The fourth-order valence-corrected chi connectivity index (χ4v) is 2.44. The van der Waals surface area contributed by atoms with Crippen molar-refractivity contribution in [2.75, 3.05) is 20.3 Å². The van der Waals surface area contributed by atoms with Gasteiger partial charge in [-0.2, -0.15) is 0 Å². The summed E-state index contributed by atoms with van der Waals surface area (Å²) in [5.41, 5.74) is -0.196. The first-order valence-electron chi connectivity index (χ1n) is 5.87. The Hall–Kier alpha value is -1.51. The Balaban J connectivity index is 2.98. The van der Waals surface area contributed by atoms with E-state index in [9.17, 15) is 17.6 Å². The Morgan fingerprint density at radius 2 is 2.10 bits per heavy atom. The van der Waals surface area contributed by atoms with Crippen LogP contribution in [0, 0.1) is 12.7 Å². The molecule has 0 radical (unpaired) electrons. The van der Waals surface area contributed by atoms with E-state index in [0.717, 1.165) is 12.1 Å². The fourth-order valence-electron chi connectivity index (χ4n) is 1.65. The average Bonchev–Trinajstić information content (AvgIpc) is 2.32. The molecule has 0 fully saturated rings. The van der Waals surface area contributed by atoms with Crippen molar-refractivity contribution in [3.05, 3.63) is 29.1 Å². The third-order valence-electron chi connectivity index (χ3n) is 2.63. The third-order valence-corrected chi connectivity index (χ3v) is 3.68. The second-order valence-electron chi connectivity index (χ2n) is 4.24. The Kier molecular flexibility index (Phi) is 5.61. The fraction of sp³-hybridized carbons (Fsp3) is 0.417. The number of benzene rings is 1. The van der Waals surface area contributed by atoms with Gasteiger partial charge in [-0.15, -0.1) is 0 Å². The highest BCUT2D eigenvalue weighted by Crippen LogP contribution is 2.19. The standard InChI is InChI=1S/C12H17FN2O4S/c1-8-6-10(13)9(7-11(8)20(14,17)18)12(16)15-4-3-5-19-2/h6-7H,3-5H2,1-2H3,(H,15,16)(H2,14,17,18). The van der Waals surface area contributed by atoms with Crippen LogP contribution in [-0.4, -0.2) is 34.6 Å². The Morgan fingerprint density at radius 3 is 2.65 bits per heavy atom. The van der Waals surface area contributed by atoms with Gasteiger partial charge in [-0.05, 0) is 31.0 Å². The minimum Gasteiger partial charge on any atom is -0.385 e. The number of amides is 1. The van der Waals surface area contributed by atoms with Crippen LogP contribution in [0.1, 0.15) is 22.3 Å². The zero-order valence-corrected chi connectivity index (χ0v) is 12.1. The van der Waals surface area contributed by atoms with E-state index in [1.807, 2.05) is 0 Å². The van der Waals surface area contributed by atoms with Crippen molar-refractivity contribution in [1.82, 2.24) is 5.32 Å². The normalized spacial score (nSPS) is 11.4. The second-order valence-corrected chi connectivity index (χ2v) is 5.77. The molecule has 1 aromatic carbocycles. The minimum atomic E-state index is -4.00. The van der Waals surface area contributed by atoms with E-state index in [-0.39, 0.29) is 16.0 Å². The number of aryl methyl sites for hydroxylation is 1. The molecule has 6 nitrogen and oxygen atoms in total. The first-order valence-corrected chi connectivity index (χ1v) is 7.42. The van der Waals surface area contributed by atoms with Gasteiger partial charge < -0.3 is 10.1 Å². The number of sulfonamides is 1. The number of primary sulfonamides is 1. The van der Waals surface area contributed by atoms with E-state index < -0.39 is 21.7 Å². The number of halogens is 1. The maximum Gasteiger partial charge on any atom is 0.254 e. The Morgan fingerprint density at radius 1 is 1.45 bits per heavy atom. The lowest BCUT2D eigenvalue weighted by atomic mass is 10.1. The lowest BCUT2D eigenvalue weighted by Gasteiger charge is -2.09. The van der Waals surface area contributed by atoms with Gasteiger partial charge in [0.1, 0.15) is 5.82 Å². The lowest BCUT2D eigenvalue weighted by Crippen LogP contribution is -2.27. The summed E-state index contributed by atoms with van der Waals surface area (Å²) in [5, 5.41) is 7.50. The molecule has 1 amide bonds. The maximum absolute atomic E-state index is 13.7. The smallest absolute Gasteiger partial charge is 0.254 e. The lowest BCUT2D eigenvalue weighted by molar-refractivity contribution is 0.0944. The quantitative estimate of drug-likeness (QED) is 0.750. The highest BCUT2D eigenvalue weighted by Gasteiger charge is 2.19. The number of methoxy groups -OCH3 is 1. The van der Waals surface area contributed by atoms with Crippen molar-refractivity contribution < 1.29 is 22.3 Å². The summed E-state index contributed by atoms with van der Waals surface area (Å²) in [5.74, 6) is -1.48. The van der Waals surface area contributed by atoms with E-state index in [1.54, 1.807) is 0 Å². The molecule has 0 bridgehead atoms. The van der Waals surface area contributed by atoms with Gasteiger partial charge in [-0.3, -0.25) is 4.79 Å². The van der Waals surface area contributed by atoms with Crippen LogP contribution in [0.2, 0.25) is 0 Å². The zero-order chi connectivity index (χ0) is 15.3. The van der Waals surface area contributed by atoms with Crippen molar-refractivity contribution in [2.45, 2.75) is 18.2 Å². The van der Waals surface area contributed by atoms with Gasteiger partial charge in [0.15, 0.2) is 0 Å². The third kappa shape index (κ3) is 4.26. The molecule has 0 atom stereocenters. The molecule has 1 rings (SSSR count). The number of nitrogens with one attached hydrogen (secondary N) is 1. The summed E-state index contributed by atoms with van der Waals surface area (Å²) >= 11 is 0. The number of rotatable bonds is 6. The first-order chi connectivity index (χ1) is 9.27. The zero-order valence-electron chi connectivity index (χ0n) is 11.3. The van der Waals surface area contributed by atoms with Gasteiger partial charge in [0.25, 0.3) is 5.91 Å². The van der Waals surface area contributed by atoms with E-state index in [1.165, 1.54) is 14.0 Å². The van der Waals surface area contributed by atoms with E-state index in [0.29, 0.717) is 19.6 Å². The molecule has 0 aromatic heterocycles. The Labute approximate surface area is 117 Å². The van der Waals surface area contributed by atoms with Crippen LogP contribution >= 0.6 is 0 Å². The first kappa shape index (κ1) is 16.5. The number of hydrogen-bond acceptors (Lipinski definition) is 4. The van der Waals surface area contributed by atoms with Crippen molar-refractivity contribution in [1.29, 1.82) is 0 Å². The second kappa shape index (κ2) is 6.78. The molecule has 20 heavy (non-hydrogen) atoms. The van der Waals surface area contributed by atoms with Crippen molar-refractivity contribution >= 4 is 15.9 Å². The van der Waals surface area contributed by atoms with Gasteiger partial charge in [-0.1, -0.05) is 0 Å². The molecule has 0 spiro atoms. The summed E-state index contributed by atoms with van der Waals surface area (Å²) in [6.45, 7) is 2.16. The van der Waals surface area contributed by atoms with E-state index in [2.05, 4.69) is 5.32 Å². The highest BCUT2D eigenvalue weighted by atomic mass is 32.2. The van der Waals surface area contributed by atoms with Gasteiger partial charge in [0.05, 0.1) is 10.5 Å². The molecule has 0 saturated carbocycles. The molecule has 1 aromatic rings.